The lowest BCUT2D eigenvalue weighted by atomic mass is 10.4. The van der Waals surface area contributed by atoms with Gasteiger partial charge in [0.1, 0.15) is 11.7 Å². The fourth-order valence-corrected chi connectivity index (χ4v) is 1.83. The van der Waals surface area contributed by atoms with Crippen molar-refractivity contribution in [2.75, 3.05) is 5.32 Å². The van der Waals surface area contributed by atoms with Gasteiger partial charge in [0.25, 0.3) is 0 Å². The number of halogens is 1. The quantitative estimate of drug-likeness (QED) is 0.865. The maximum Gasteiger partial charge on any atom is 0.246 e. The van der Waals surface area contributed by atoms with Crippen LogP contribution in [0.15, 0.2) is 24.4 Å². The Morgan fingerprint density at radius 2 is 2.22 bits per heavy atom. The van der Waals surface area contributed by atoms with Gasteiger partial charge in [-0.25, -0.2) is 4.98 Å². The second-order valence-corrected chi connectivity index (χ2v) is 4.39. The number of nitrogens with zero attached hydrogens (tertiary/aromatic N) is 3. The minimum absolute atomic E-state index is 0.150. The van der Waals surface area contributed by atoms with Crippen molar-refractivity contribution in [3.8, 4) is 0 Å². The summed E-state index contributed by atoms with van der Waals surface area (Å²) in [7, 11) is 0. The number of nitrogens with one attached hydrogen (secondary N) is 1. The number of aromatic nitrogens is 3. The number of aryl methyl sites for hydroxylation is 2. The first-order valence-electron chi connectivity index (χ1n) is 5.47. The van der Waals surface area contributed by atoms with E-state index in [1.807, 2.05) is 19.9 Å². The molecule has 94 valence electrons. The van der Waals surface area contributed by atoms with E-state index in [2.05, 4.69) is 15.4 Å². The average Bonchev–Trinajstić information content (AvgIpc) is 2.57. The van der Waals surface area contributed by atoms with Crippen LogP contribution in [0.4, 0.5) is 5.69 Å². The lowest BCUT2D eigenvalue weighted by Crippen LogP contribution is -2.20. The van der Waals surface area contributed by atoms with Crippen LogP contribution in [0.5, 0.6) is 0 Å². The summed E-state index contributed by atoms with van der Waals surface area (Å²) in [4.78, 5) is 15.7. The van der Waals surface area contributed by atoms with Gasteiger partial charge in [-0.05, 0) is 32.0 Å². The molecule has 1 amide bonds. The molecule has 0 aliphatic heterocycles. The molecule has 0 aromatic carbocycles. The molecule has 2 rings (SSSR count). The van der Waals surface area contributed by atoms with Crippen LogP contribution in [0.2, 0.25) is 5.15 Å². The van der Waals surface area contributed by atoms with Crippen LogP contribution in [0, 0.1) is 13.8 Å². The Labute approximate surface area is 110 Å². The first-order valence-corrected chi connectivity index (χ1v) is 5.85. The van der Waals surface area contributed by atoms with E-state index in [0.717, 1.165) is 11.4 Å². The lowest BCUT2D eigenvalue weighted by molar-refractivity contribution is -0.116. The van der Waals surface area contributed by atoms with Crippen LogP contribution in [0.1, 0.15) is 11.4 Å². The summed E-state index contributed by atoms with van der Waals surface area (Å²) in [5.74, 6) is -0.150. The van der Waals surface area contributed by atoms with Crippen molar-refractivity contribution < 1.29 is 4.79 Å². The van der Waals surface area contributed by atoms with Crippen LogP contribution in [0.3, 0.4) is 0 Å². The SMILES string of the molecule is Cc1cc(C)n(CC(=O)Nc2ccnc(Cl)c2)n1. The zero-order chi connectivity index (χ0) is 13.1. The zero-order valence-corrected chi connectivity index (χ0v) is 10.9. The molecular formula is C12H13ClN4O. The van der Waals surface area contributed by atoms with E-state index in [1.165, 1.54) is 0 Å². The van der Waals surface area contributed by atoms with Gasteiger partial charge in [-0.15, -0.1) is 0 Å². The number of anilines is 1. The second kappa shape index (κ2) is 5.18. The minimum Gasteiger partial charge on any atom is -0.324 e. The molecule has 0 radical (unpaired) electrons. The molecule has 1 N–H and O–H groups in total. The summed E-state index contributed by atoms with van der Waals surface area (Å²) < 4.78 is 1.66. The van der Waals surface area contributed by atoms with E-state index >= 15 is 0 Å². The first kappa shape index (κ1) is 12.6. The summed E-state index contributed by atoms with van der Waals surface area (Å²) in [6, 6.07) is 5.21. The number of hydrogen-bond donors (Lipinski definition) is 1. The van der Waals surface area contributed by atoms with Crippen molar-refractivity contribution in [1.82, 2.24) is 14.8 Å². The van der Waals surface area contributed by atoms with Crippen LogP contribution in [0.25, 0.3) is 0 Å². The van der Waals surface area contributed by atoms with Gasteiger partial charge < -0.3 is 5.32 Å². The standard InChI is InChI=1S/C12H13ClN4O/c1-8-5-9(2)17(16-8)7-12(18)15-10-3-4-14-11(13)6-10/h3-6H,7H2,1-2H3,(H,14,15,18). The molecule has 0 aliphatic rings. The first-order chi connectivity index (χ1) is 8.54. The van der Waals surface area contributed by atoms with E-state index in [0.29, 0.717) is 10.8 Å². The smallest absolute Gasteiger partial charge is 0.246 e. The molecule has 0 atom stereocenters. The number of amides is 1. The topological polar surface area (TPSA) is 59.8 Å². The third kappa shape index (κ3) is 3.07. The van der Waals surface area contributed by atoms with Gasteiger partial charge >= 0.3 is 0 Å². The number of carbonyl (C=O) groups excluding carboxylic acids is 1. The number of pyridine rings is 1. The predicted octanol–water partition coefficient (Wildman–Crippen LogP) is 2.19. The van der Waals surface area contributed by atoms with Crippen LogP contribution in [-0.4, -0.2) is 20.7 Å². The summed E-state index contributed by atoms with van der Waals surface area (Å²) in [6.07, 6.45) is 1.54. The molecule has 0 unspecified atom stereocenters. The van der Waals surface area contributed by atoms with Gasteiger partial charge in [-0.2, -0.15) is 5.10 Å². The number of hydrogen-bond acceptors (Lipinski definition) is 3. The van der Waals surface area contributed by atoms with E-state index in [4.69, 9.17) is 11.6 Å². The van der Waals surface area contributed by atoms with E-state index in [1.54, 1.807) is 23.0 Å². The highest BCUT2D eigenvalue weighted by molar-refractivity contribution is 6.29. The van der Waals surface area contributed by atoms with Gasteiger partial charge in [0, 0.05) is 17.6 Å². The van der Waals surface area contributed by atoms with E-state index < -0.39 is 0 Å². The van der Waals surface area contributed by atoms with E-state index in [9.17, 15) is 4.79 Å². The summed E-state index contributed by atoms with van der Waals surface area (Å²) in [5.41, 5.74) is 2.48. The van der Waals surface area contributed by atoms with Crippen molar-refractivity contribution in [3.05, 3.63) is 40.9 Å². The predicted molar refractivity (Wildman–Crippen MR) is 69.6 cm³/mol. The molecule has 5 nitrogen and oxygen atoms in total. The van der Waals surface area contributed by atoms with Crippen LogP contribution >= 0.6 is 11.6 Å². The zero-order valence-electron chi connectivity index (χ0n) is 10.1. The van der Waals surface area contributed by atoms with Crippen molar-refractivity contribution in [2.45, 2.75) is 20.4 Å². The molecule has 0 bridgehead atoms. The monoisotopic (exact) mass is 264 g/mol. The highest BCUT2D eigenvalue weighted by atomic mass is 35.5. The minimum atomic E-state index is -0.150. The van der Waals surface area contributed by atoms with Gasteiger partial charge in [0.2, 0.25) is 5.91 Å². The molecule has 6 heteroatoms. The second-order valence-electron chi connectivity index (χ2n) is 4.00. The van der Waals surface area contributed by atoms with Crippen LogP contribution < -0.4 is 5.32 Å². The third-order valence-electron chi connectivity index (χ3n) is 2.41. The fraction of sp³-hybridized carbons (Fsp3) is 0.250. The maximum atomic E-state index is 11.8. The number of rotatable bonds is 3. The normalized spacial score (nSPS) is 10.4. The van der Waals surface area contributed by atoms with Crippen molar-refractivity contribution in [2.24, 2.45) is 0 Å². The van der Waals surface area contributed by atoms with Gasteiger partial charge in [0.15, 0.2) is 0 Å². The molecule has 0 saturated heterocycles. The van der Waals surface area contributed by atoms with E-state index in [-0.39, 0.29) is 12.5 Å². The third-order valence-corrected chi connectivity index (χ3v) is 2.61. The molecule has 0 saturated carbocycles. The molecule has 2 aromatic rings. The average molecular weight is 265 g/mol. The Hall–Kier alpha value is -1.88. The molecule has 0 fully saturated rings. The van der Waals surface area contributed by atoms with Crippen LogP contribution in [-0.2, 0) is 11.3 Å². The molecular weight excluding hydrogens is 252 g/mol. The molecule has 2 aromatic heterocycles. The largest absolute Gasteiger partial charge is 0.324 e. The Morgan fingerprint density at radius 1 is 1.44 bits per heavy atom. The Morgan fingerprint density at radius 3 is 2.83 bits per heavy atom. The Bertz CT molecular complexity index is 579. The maximum absolute atomic E-state index is 11.8. The Balaban J connectivity index is 2.03. The number of carbonyl (C=O) groups is 1. The van der Waals surface area contributed by atoms with Gasteiger partial charge in [-0.1, -0.05) is 11.6 Å². The molecule has 18 heavy (non-hydrogen) atoms. The molecule has 2 heterocycles. The summed E-state index contributed by atoms with van der Waals surface area (Å²) >= 11 is 5.74. The van der Waals surface area contributed by atoms with Crippen molar-refractivity contribution in [3.63, 3.8) is 0 Å². The highest BCUT2D eigenvalue weighted by Gasteiger charge is 2.07. The summed E-state index contributed by atoms with van der Waals surface area (Å²) in [6.45, 7) is 3.99. The Kier molecular flexibility index (Phi) is 3.62. The van der Waals surface area contributed by atoms with Gasteiger partial charge in [0.05, 0.1) is 5.69 Å². The summed E-state index contributed by atoms with van der Waals surface area (Å²) in [5, 5.41) is 7.32. The van der Waals surface area contributed by atoms with Crippen molar-refractivity contribution >= 4 is 23.2 Å². The lowest BCUT2D eigenvalue weighted by Gasteiger charge is -2.06. The van der Waals surface area contributed by atoms with Crippen molar-refractivity contribution in [1.29, 1.82) is 0 Å². The highest BCUT2D eigenvalue weighted by Crippen LogP contribution is 2.12. The molecule has 0 spiro atoms. The molecule has 0 aliphatic carbocycles. The fourth-order valence-electron chi connectivity index (χ4n) is 1.65. The van der Waals surface area contributed by atoms with Gasteiger partial charge in [-0.3, -0.25) is 9.48 Å².